The quantitative estimate of drug-likeness (QED) is 0.522. The molecule has 7 heteroatoms. The summed E-state index contributed by atoms with van der Waals surface area (Å²) < 4.78 is 38.9. The van der Waals surface area contributed by atoms with Crippen LogP contribution < -0.4 is 9.47 Å². The normalized spacial score (nSPS) is 15.5. The molecular formula is C24H31NO5S. The van der Waals surface area contributed by atoms with Crippen molar-refractivity contribution in [2.45, 2.75) is 39.3 Å². The molecule has 0 heterocycles. The van der Waals surface area contributed by atoms with Crippen molar-refractivity contribution >= 4 is 15.8 Å². The summed E-state index contributed by atoms with van der Waals surface area (Å²) in [7, 11) is -0.335. The molecule has 2 aromatic rings. The summed E-state index contributed by atoms with van der Waals surface area (Å²) in [5.74, 6) is 1.93. The molecule has 0 unspecified atom stereocenters. The molecule has 0 saturated heterocycles. The fourth-order valence-corrected chi connectivity index (χ4v) is 5.89. The molecule has 3 rings (SSSR count). The van der Waals surface area contributed by atoms with Gasteiger partial charge in [-0.1, -0.05) is 37.6 Å². The van der Waals surface area contributed by atoms with Crippen molar-refractivity contribution in [2.24, 2.45) is 11.8 Å². The second kappa shape index (κ2) is 10.3. The number of ether oxygens (including phenoxy) is 2. The molecule has 0 amide bonds. The van der Waals surface area contributed by atoms with Gasteiger partial charge in [0, 0.05) is 25.9 Å². The average molecular weight is 446 g/mol. The molecule has 168 valence electrons. The van der Waals surface area contributed by atoms with E-state index in [0.717, 1.165) is 29.0 Å². The molecular weight excluding hydrogens is 414 g/mol. The number of methoxy groups -OCH3 is 2. The molecule has 0 N–H and O–H groups in total. The van der Waals surface area contributed by atoms with Crippen molar-refractivity contribution in [3.8, 4) is 11.5 Å². The molecule has 1 atom stereocenters. The van der Waals surface area contributed by atoms with Gasteiger partial charge >= 0.3 is 0 Å². The SMILES string of the molecule is CC[C@H](CS(=O)(=O)N(Cc1ccc(OC)cc1)Cc1ccc(OC)cc1)C1CC(=O)C1. The lowest BCUT2D eigenvalue weighted by molar-refractivity contribution is -0.128. The highest BCUT2D eigenvalue weighted by Gasteiger charge is 2.36. The van der Waals surface area contributed by atoms with Crippen LogP contribution in [0.15, 0.2) is 48.5 Å². The summed E-state index contributed by atoms with van der Waals surface area (Å²) in [4.78, 5) is 11.4. The topological polar surface area (TPSA) is 72.9 Å². The standard InChI is InChI=1S/C24H31NO5S/c1-4-20(21-13-22(26)14-21)17-31(27,28)25(15-18-5-9-23(29-2)10-6-18)16-19-7-11-24(30-3)12-8-19/h5-12,20-21H,4,13-17H2,1-3H3/t20-/m1/s1. The lowest BCUT2D eigenvalue weighted by Crippen LogP contribution is -2.39. The van der Waals surface area contributed by atoms with Gasteiger partial charge in [0.1, 0.15) is 17.3 Å². The van der Waals surface area contributed by atoms with Crippen LogP contribution in [0.25, 0.3) is 0 Å². The molecule has 0 aliphatic heterocycles. The second-order valence-corrected chi connectivity index (χ2v) is 10.1. The third-order valence-electron chi connectivity index (χ3n) is 6.02. The second-order valence-electron chi connectivity index (χ2n) is 8.12. The van der Waals surface area contributed by atoms with E-state index in [1.807, 2.05) is 55.5 Å². The smallest absolute Gasteiger partial charge is 0.214 e. The molecule has 6 nitrogen and oxygen atoms in total. The van der Waals surface area contributed by atoms with Gasteiger partial charge in [0.05, 0.1) is 20.0 Å². The minimum atomic E-state index is -3.54. The van der Waals surface area contributed by atoms with Crippen molar-refractivity contribution in [1.82, 2.24) is 4.31 Å². The van der Waals surface area contributed by atoms with E-state index in [1.165, 1.54) is 0 Å². The van der Waals surface area contributed by atoms with E-state index in [-0.39, 0.29) is 36.5 Å². The maximum Gasteiger partial charge on any atom is 0.214 e. The molecule has 1 fully saturated rings. The van der Waals surface area contributed by atoms with Gasteiger partial charge in [0.2, 0.25) is 10.0 Å². The Morgan fingerprint density at radius 2 is 1.35 bits per heavy atom. The van der Waals surface area contributed by atoms with Gasteiger partial charge in [-0.2, -0.15) is 4.31 Å². The lowest BCUT2D eigenvalue weighted by atomic mass is 9.75. The van der Waals surface area contributed by atoms with Crippen LogP contribution in [-0.4, -0.2) is 38.5 Å². The first-order valence-corrected chi connectivity index (χ1v) is 12.2. The number of rotatable bonds is 11. The van der Waals surface area contributed by atoms with E-state index >= 15 is 0 Å². The lowest BCUT2D eigenvalue weighted by Gasteiger charge is -2.33. The Bertz CT molecular complexity index is 913. The number of benzene rings is 2. The molecule has 0 radical (unpaired) electrons. The summed E-state index contributed by atoms with van der Waals surface area (Å²) in [6.45, 7) is 2.55. The van der Waals surface area contributed by atoms with Gasteiger partial charge in [0.15, 0.2) is 0 Å². The Kier molecular flexibility index (Phi) is 7.73. The number of hydrogen-bond donors (Lipinski definition) is 0. The van der Waals surface area contributed by atoms with Crippen LogP contribution >= 0.6 is 0 Å². The molecule has 31 heavy (non-hydrogen) atoms. The molecule has 0 spiro atoms. The van der Waals surface area contributed by atoms with Crippen LogP contribution in [-0.2, 0) is 27.9 Å². The third kappa shape index (κ3) is 6.08. The number of nitrogens with zero attached hydrogens (tertiary/aromatic N) is 1. The number of sulfonamides is 1. The Labute approximate surface area is 185 Å². The van der Waals surface area contributed by atoms with Crippen molar-refractivity contribution < 1.29 is 22.7 Å². The fourth-order valence-electron chi connectivity index (χ4n) is 3.94. The number of hydrogen-bond acceptors (Lipinski definition) is 5. The first kappa shape index (κ1) is 23.3. The van der Waals surface area contributed by atoms with Crippen LogP contribution in [0.3, 0.4) is 0 Å². The largest absolute Gasteiger partial charge is 0.497 e. The Morgan fingerprint density at radius 1 is 0.903 bits per heavy atom. The van der Waals surface area contributed by atoms with Gasteiger partial charge in [-0.3, -0.25) is 4.79 Å². The minimum Gasteiger partial charge on any atom is -0.497 e. The first-order chi connectivity index (χ1) is 14.8. The van der Waals surface area contributed by atoms with E-state index in [1.54, 1.807) is 18.5 Å². The van der Waals surface area contributed by atoms with Crippen LogP contribution in [0, 0.1) is 11.8 Å². The van der Waals surface area contributed by atoms with Gasteiger partial charge in [-0.15, -0.1) is 0 Å². The maximum absolute atomic E-state index is 13.5. The zero-order chi connectivity index (χ0) is 22.4. The molecule has 1 saturated carbocycles. The van der Waals surface area contributed by atoms with Crippen LogP contribution in [0.4, 0.5) is 0 Å². The maximum atomic E-state index is 13.5. The molecule has 0 bridgehead atoms. The highest BCUT2D eigenvalue weighted by atomic mass is 32.2. The highest BCUT2D eigenvalue weighted by molar-refractivity contribution is 7.89. The predicted molar refractivity (Wildman–Crippen MR) is 121 cm³/mol. The summed E-state index contributed by atoms with van der Waals surface area (Å²) in [6, 6.07) is 14.9. The zero-order valence-corrected chi connectivity index (χ0v) is 19.2. The molecule has 2 aromatic carbocycles. The van der Waals surface area contributed by atoms with Crippen molar-refractivity contribution in [1.29, 1.82) is 0 Å². The van der Waals surface area contributed by atoms with Gasteiger partial charge in [-0.05, 0) is 47.2 Å². The Balaban J connectivity index is 1.82. The number of carbonyl (C=O) groups excluding carboxylic acids is 1. The predicted octanol–water partition coefficient (Wildman–Crippen LogP) is 4.04. The van der Waals surface area contributed by atoms with Crippen molar-refractivity contribution in [2.75, 3.05) is 20.0 Å². The number of carbonyl (C=O) groups is 1. The van der Waals surface area contributed by atoms with Crippen molar-refractivity contribution in [3.05, 3.63) is 59.7 Å². The third-order valence-corrected chi connectivity index (χ3v) is 7.92. The number of Topliss-reactive ketones (excluding diaryl/α,β-unsaturated/α-hetero) is 1. The first-order valence-electron chi connectivity index (χ1n) is 10.6. The van der Waals surface area contributed by atoms with E-state index in [2.05, 4.69) is 0 Å². The van der Waals surface area contributed by atoms with E-state index in [9.17, 15) is 13.2 Å². The molecule has 0 aromatic heterocycles. The number of ketones is 1. The van der Waals surface area contributed by atoms with Crippen LogP contribution in [0.5, 0.6) is 11.5 Å². The van der Waals surface area contributed by atoms with Gasteiger partial charge < -0.3 is 9.47 Å². The summed E-state index contributed by atoms with van der Waals surface area (Å²) in [5, 5.41) is 0. The molecule has 1 aliphatic rings. The summed E-state index contributed by atoms with van der Waals surface area (Å²) in [6.07, 6.45) is 1.76. The average Bonchev–Trinajstić information content (AvgIpc) is 2.76. The van der Waals surface area contributed by atoms with E-state index < -0.39 is 10.0 Å². The Morgan fingerprint density at radius 3 is 1.71 bits per heavy atom. The zero-order valence-electron chi connectivity index (χ0n) is 18.4. The van der Waals surface area contributed by atoms with Gasteiger partial charge in [-0.25, -0.2) is 8.42 Å². The summed E-state index contributed by atoms with van der Waals surface area (Å²) in [5.41, 5.74) is 1.79. The highest BCUT2D eigenvalue weighted by Crippen LogP contribution is 2.34. The van der Waals surface area contributed by atoms with E-state index in [4.69, 9.17) is 9.47 Å². The van der Waals surface area contributed by atoms with Crippen LogP contribution in [0.1, 0.15) is 37.3 Å². The fraction of sp³-hybridized carbons (Fsp3) is 0.458. The van der Waals surface area contributed by atoms with Crippen molar-refractivity contribution in [3.63, 3.8) is 0 Å². The van der Waals surface area contributed by atoms with Gasteiger partial charge in [0.25, 0.3) is 0 Å². The Hall–Kier alpha value is -2.38. The minimum absolute atomic E-state index is 0.00284. The monoisotopic (exact) mass is 445 g/mol. The van der Waals surface area contributed by atoms with E-state index in [0.29, 0.717) is 12.8 Å². The summed E-state index contributed by atoms with van der Waals surface area (Å²) >= 11 is 0. The molecule has 1 aliphatic carbocycles. The van der Waals surface area contributed by atoms with Crippen LogP contribution in [0.2, 0.25) is 0 Å².